The van der Waals surface area contributed by atoms with Crippen LogP contribution in [0.1, 0.15) is 22.0 Å². The molecule has 20 heavy (non-hydrogen) atoms. The zero-order chi connectivity index (χ0) is 14.6. The largest absolute Gasteiger partial charge is 0.416 e. The zero-order valence-corrected chi connectivity index (χ0v) is 11.5. The fourth-order valence-corrected chi connectivity index (χ4v) is 2.53. The summed E-state index contributed by atoms with van der Waals surface area (Å²) in [5, 5.41) is 5.23. The summed E-state index contributed by atoms with van der Waals surface area (Å²) in [5.41, 5.74) is 5.80. The van der Waals surface area contributed by atoms with Crippen LogP contribution in [0.5, 0.6) is 0 Å². The second-order valence-corrected chi connectivity index (χ2v) is 5.40. The molecule has 3 N–H and O–H groups in total. The van der Waals surface area contributed by atoms with E-state index < -0.39 is 11.7 Å². The first-order valence-electron chi connectivity index (χ1n) is 6.13. The first-order valence-corrected chi connectivity index (χ1v) is 7.01. The Morgan fingerprint density at radius 2 is 1.85 bits per heavy atom. The number of alkyl halides is 3. The molecule has 0 spiro atoms. The fraction of sp³-hybridized carbons (Fsp3) is 0.286. The van der Waals surface area contributed by atoms with Gasteiger partial charge in [-0.15, -0.1) is 11.3 Å². The predicted molar refractivity (Wildman–Crippen MR) is 74.4 cm³/mol. The molecule has 108 valence electrons. The standard InChI is InChI=1S/C14H15F3N2S/c15-14(16,17)11-5-3-10(4-6-11)13(8-18)19-9-12-2-1-7-20-12/h1-7,13,19H,8-9,18H2. The predicted octanol–water partition coefficient (Wildman–Crippen LogP) is 3.56. The Labute approximate surface area is 119 Å². The number of hydrogen-bond acceptors (Lipinski definition) is 3. The lowest BCUT2D eigenvalue weighted by Crippen LogP contribution is -2.27. The number of nitrogens with two attached hydrogens (primary N) is 1. The minimum Gasteiger partial charge on any atom is -0.329 e. The van der Waals surface area contributed by atoms with Crippen LogP contribution in [0.25, 0.3) is 0 Å². The van der Waals surface area contributed by atoms with E-state index in [1.54, 1.807) is 11.3 Å². The lowest BCUT2D eigenvalue weighted by atomic mass is 10.0. The van der Waals surface area contributed by atoms with Gasteiger partial charge in [-0.3, -0.25) is 0 Å². The van der Waals surface area contributed by atoms with Crippen molar-refractivity contribution in [2.45, 2.75) is 18.8 Å². The molecule has 1 aromatic heterocycles. The molecule has 6 heteroatoms. The molecule has 1 atom stereocenters. The van der Waals surface area contributed by atoms with Crippen LogP contribution in [0.2, 0.25) is 0 Å². The molecule has 2 rings (SSSR count). The summed E-state index contributed by atoms with van der Waals surface area (Å²) in [6, 6.07) is 8.92. The second kappa shape index (κ2) is 6.39. The Kier molecular flexibility index (Phi) is 4.80. The smallest absolute Gasteiger partial charge is 0.329 e. The van der Waals surface area contributed by atoms with Crippen LogP contribution >= 0.6 is 11.3 Å². The van der Waals surface area contributed by atoms with Crippen LogP contribution < -0.4 is 11.1 Å². The minimum atomic E-state index is -4.30. The van der Waals surface area contributed by atoms with E-state index in [0.29, 0.717) is 13.1 Å². The molecule has 0 aliphatic carbocycles. The molecule has 1 unspecified atom stereocenters. The molecular formula is C14H15F3N2S. The number of rotatable bonds is 5. The van der Waals surface area contributed by atoms with Gasteiger partial charge in [0.25, 0.3) is 0 Å². The van der Waals surface area contributed by atoms with Gasteiger partial charge in [0.1, 0.15) is 0 Å². The summed E-state index contributed by atoms with van der Waals surface area (Å²) in [4.78, 5) is 1.16. The number of thiophene rings is 1. The van der Waals surface area contributed by atoms with Crippen molar-refractivity contribution < 1.29 is 13.2 Å². The van der Waals surface area contributed by atoms with Crippen molar-refractivity contribution in [1.82, 2.24) is 5.32 Å². The maximum absolute atomic E-state index is 12.5. The Bertz CT molecular complexity index is 520. The van der Waals surface area contributed by atoms with E-state index >= 15 is 0 Å². The van der Waals surface area contributed by atoms with Gasteiger partial charge in [0.05, 0.1) is 5.56 Å². The Balaban J connectivity index is 2.04. The van der Waals surface area contributed by atoms with Gasteiger partial charge >= 0.3 is 6.18 Å². The second-order valence-electron chi connectivity index (χ2n) is 4.37. The highest BCUT2D eigenvalue weighted by atomic mass is 32.1. The summed E-state index contributed by atoms with van der Waals surface area (Å²) < 4.78 is 37.5. The Morgan fingerprint density at radius 1 is 1.15 bits per heavy atom. The zero-order valence-electron chi connectivity index (χ0n) is 10.7. The average Bonchev–Trinajstić information content (AvgIpc) is 2.92. The lowest BCUT2D eigenvalue weighted by molar-refractivity contribution is -0.137. The lowest BCUT2D eigenvalue weighted by Gasteiger charge is -2.17. The van der Waals surface area contributed by atoms with E-state index in [9.17, 15) is 13.2 Å². The van der Waals surface area contributed by atoms with Crippen molar-refractivity contribution in [2.75, 3.05) is 6.54 Å². The molecule has 1 heterocycles. The SMILES string of the molecule is NCC(NCc1cccs1)c1ccc(C(F)(F)F)cc1. The number of benzene rings is 1. The molecule has 0 fully saturated rings. The highest BCUT2D eigenvalue weighted by Gasteiger charge is 2.30. The molecule has 0 bridgehead atoms. The molecule has 0 aliphatic rings. The monoisotopic (exact) mass is 300 g/mol. The molecule has 0 saturated carbocycles. The summed E-state index contributed by atoms with van der Waals surface area (Å²) in [6.45, 7) is 0.983. The molecule has 0 aliphatic heterocycles. The van der Waals surface area contributed by atoms with Crippen molar-refractivity contribution >= 4 is 11.3 Å². The molecule has 0 radical (unpaired) electrons. The number of halogens is 3. The van der Waals surface area contributed by atoms with E-state index in [2.05, 4.69) is 5.32 Å². The van der Waals surface area contributed by atoms with Gasteiger partial charge in [0, 0.05) is 24.0 Å². The summed E-state index contributed by atoms with van der Waals surface area (Å²) >= 11 is 1.62. The van der Waals surface area contributed by atoms with Crippen LogP contribution in [0.4, 0.5) is 13.2 Å². The van der Waals surface area contributed by atoms with Crippen molar-refractivity contribution in [3.05, 3.63) is 57.8 Å². The van der Waals surface area contributed by atoms with Crippen LogP contribution in [-0.2, 0) is 12.7 Å². The molecular weight excluding hydrogens is 285 g/mol. The fourth-order valence-electron chi connectivity index (χ4n) is 1.88. The van der Waals surface area contributed by atoms with Crippen molar-refractivity contribution in [3.8, 4) is 0 Å². The normalized spacial score (nSPS) is 13.4. The molecule has 0 amide bonds. The first kappa shape index (κ1) is 15.0. The maximum atomic E-state index is 12.5. The van der Waals surface area contributed by atoms with Crippen LogP contribution in [0.15, 0.2) is 41.8 Å². The highest BCUT2D eigenvalue weighted by molar-refractivity contribution is 7.09. The van der Waals surface area contributed by atoms with Gasteiger partial charge in [-0.25, -0.2) is 0 Å². The van der Waals surface area contributed by atoms with Crippen molar-refractivity contribution in [1.29, 1.82) is 0 Å². The maximum Gasteiger partial charge on any atom is 0.416 e. The van der Waals surface area contributed by atoms with Gasteiger partial charge in [-0.1, -0.05) is 18.2 Å². The van der Waals surface area contributed by atoms with Crippen molar-refractivity contribution in [2.24, 2.45) is 5.73 Å². The third-order valence-corrected chi connectivity index (χ3v) is 3.86. The van der Waals surface area contributed by atoms with Gasteiger partial charge in [0.15, 0.2) is 0 Å². The molecule has 2 nitrogen and oxygen atoms in total. The van der Waals surface area contributed by atoms with Gasteiger partial charge < -0.3 is 11.1 Å². The third kappa shape index (κ3) is 3.82. The highest BCUT2D eigenvalue weighted by Crippen LogP contribution is 2.29. The topological polar surface area (TPSA) is 38.0 Å². The van der Waals surface area contributed by atoms with E-state index in [1.165, 1.54) is 12.1 Å². The quantitative estimate of drug-likeness (QED) is 0.886. The van der Waals surface area contributed by atoms with Crippen molar-refractivity contribution in [3.63, 3.8) is 0 Å². The van der Waals surface area contributed by atoms with Crippen LogP contribution in [-0.4, -0.2) is 6.54 Å². The number of hydrogen-bond donors (Lipinski definition) is 2. The van der Waals surface area contributed by atoms with Gasteiger partial charge in [0.2, 0.25) is 0 Å². The third-order valence-electron chi connectivity index (χ3n) is 2.98. The number of nitrogens with one attached hydrogen (secondary N) is 1. The summed E-state index contributed by atoms with van der Waals surface area (Å²) in [7, 11) is 0. The van der Waals surface area contributed by atoms with E-state index in [0.717, 1.165) is 22.6 Å². The van der Waals surface area contributed by atoms with E-state index in [-0.39, 0.29) is 6.04 Å². The molecule has 0 saturated heterocycles. The molecule has 1 aromatic carbocycles. The average molecular weight is 300 g/mol. The summed E-state index contributed by atoms with van der Waals surface area (Å²) in [6.07, 6.45) is -4.30. The summed E-state index contributed by atoms with van der Waals surface area (Å²) in [5.74, 6) is 0. The first-order chi connectivity index (χ1) is 9.50. The van der Waals surface area contributed by atoms with E-state index in [4.69, 9.17) is 5.73 Å². The van der Waals surface area contributed by atoms with E-state index in [1.807, 2.05) is 17.5 Å². The van der Waals surface area contributed by atoms with Crippen LogP contribution in [0, 0.1) is 0 Å². The molecule has 2 aromatic rings. The Hall–Kier alpha value is -1.37. The minimum absolute atomic E-state index is 0.153. The van der Waals surface area contributed by atoms with Gasteiger partial charge in [-0.2, -0.15) is 13.2 Å². The Morgan fingerprint density at radius 3 is 2.35 bits per heavy atom. The van der Waals surface area contributed by atoms with Gasteiger partial charge in [-0.05, 0) is 29.1 Å². The van der Waals surface area contributed by atoms with Crippen LogP contribution in [0.3, 0.4) is 0 Å².